The van der Waals surface area contributed by atoms with E-state index in [4.69, 9.17) is 7.85 Å². The van der Waals surface area contributed by atoms with E-state index in [0.29, 0.717) is 13.1 Å². The number of para-hydroxylation sites is 2. The molecule has 0 spiro atoms. The van der Waals surface area contributed by atoms with Crippen LogP contribution in [0.1, 0.15) is 18.9 Å². The number of thioether (sulfide) groups is 1. The minimum absolute atomic E-state index is 0.0262. The number of allylic oxidation sites excluding steroid dienone is 4. The molecule has 2 radical (unpaired) electrons. The summed E-state index contributed by atoms with van der Waals surface area (Å²) in [5.74, 6) is -0.105. The Kier molecular flexibility index (Phi) is 6.67. The largest absolute Gasteiger partial charge is 0.350 e. The number of carbonyl (C=O) groups excluding carboxylic acids is 2. The molecule has 2 heterocycles. The third-order valence-corrected chi connectivity index (χ3v) is 8.49. The predicted molar refractivity (Wildman–Crippen MR) is 145 cm³/mol. The molecule has 3 aromatic rings. The Morgan fingerprint density at radius 1 is 1.14 bits per heavy atom. The lowest BCUT2D eigenvalue weighted by molar-refractivity contribution is -0.666. The number of nitrogens with zero attached hydrogens (tertiary/aromatic N) is 2. The number of Topliss-reactive ketones (excluding diaryl/α,β-unsaturated/α-hetero) is 1. The molecule has 0 unspecified atom stereocenters. The number of thiazole rings is 1. The summed E-state index contributed by atoms with van der Waals surface area (Å²) in [5.41, 5.74) is 4.80. The van der Waals surface area contributed by atoms with Crippen molar-refractivity contribution in [3.8, 4) is 0 Å². The smallest absolute Gasteiger partial charge is 0.263 e. The molecule has 2 aromatic carbocycles. The quantitative estimate of drug-likeness (QED) is 0.293. The highest BCUT2D eigenvalue weighted by Crippen LogP contribution is 2.47. The average Bonchev–Trinajstić information content (AvgIpc) is 3.42. The minimum Gasteiger partial charge on any atom is -0.350 e. The van der Waals surface area contributed by atoms with Crippen LogP contribution in [0.5, 0.6) is 0 Å². The molecular weight excluding hydrogens is 473 g/mol. The van der Waals surface area contributed by atoms with Gasteiger partial charge in [-0.1, -0.05) is 47.4 Å². The first kappa shape index (κ1) is 23.6. The van der Waals surface area contributed by atoms with Crippen LogP contribution >= 0.6 is 23.1 Å². The van der Waals surface area contributed by atoms with Crippen LogP contribution < -0.4 is 14.8 Å². The van der Waals surface area contributed by atoms with Crippen molar-refractivity contribution in [2.24, 2.45) is 0 Å². The van der Waals surface area contributed by atoms with E-state index in [2.05, 4.69) is 46.0 Å². The van der Waals surface area contributed by atoms with E-state index in [1.54, 1.807) is 23.1 Å². The number of hydrogen-bond donors (Lipinski definition) is 1. The minimum atomic E-state index is -0.177. The molecule has 0 saturated carbocycles. The van der Waals surface area contributed by atoms with Crippen LogP contribution in [0.15, 0.2) is 81.3 Å². The lowest BCUT2D eigenvalue weighted by Crippen LogP contribution is -2.41. The number of ketones is 1. The molecule has 0 atom stereocenters. The van der Waals surface area contributed by atoms with Gasteiger partial charge in [0.25, 0.3) is 5.01 Å². The molecule has 0 bridgehead atoms. The fourth-order valence-electron chi connectivity index (χ4n) is 4.42. The van der Waals surface area contributed by atoms with Gasteiger partial charge in [-0.3, -0.25) is 9.59 Å². The molecule has 1 aliphatic carbocycles. The molecule has 1 aliphatic heterocycles. The van der Waals surface area contributed by atoms with Gasteiger partial charge in [-0.05, 0) is 50.0 Å². The van der Waals surface area contributed by atoms with Crippen molar-refractivity contribution in [3.63, 3.8) is 0 Å². The molecule has 1 aromatic heterocycles. The molecule has 35 heavy (non-hydrogen) atoms. The number of hydrogen-bond acceptors (Lipinski definition) is 5. The Morgan fingerprint density at radius 2 is 1.91 bits per heavy atom. The fraction of sp³-hybridized carbons (Fsp3) is 0.222. The highest BCUT2D eigenvalue weighted by Gasteiger charge is 2.33. The molecule has 0 saturated heterocycles. The summed E-state index contributed by atoms with van der Waals surface area (Å²) in [6.45, 7) is 6.07. The molecule has 8 heteroatoms. The van der Waals surface area contributed by atoms with Gasteiger partial charge in [0.15, 0.2) is 12.3 Å². The number of aromatic nitrogens is 1. The Balaban J connectivity index is 1.45. The molecule has 1 N–H and O–H groups in total. The van der Waals surface area contributed by atoms with E-state index in [-0.39, 0.29) is 18.0 Å². The second-order valence-electron chi connectivity index (χ2n) is 8.34. The van der Waals surface area contributed by atoms with Crippen LogP contribution in [-0.2, 0) is 16.1 Å². The van der Waals surface area contributed by atoms with Crippen molar-refractivity contribution in [1.82, 2.24) is 5.32 Å². The van der Waals surface area contributed by atoms with Crippen LogP contribution in [-0.4, -0.2) is 32.6 Å². The number of anilines is 1. The summed E-state index contributed by atoms with van der Waals surface area (Å²) in [5, 5.41) is 4.91. The first-order chi connectivity index (χ1) is 17.0. The number of rotatable bonds is 7. The van der Waals surface area contributed by atoms with E-state index >= 15 is 0 Å². The van der Waals surface area contributed by atoms with Crippen LogP contribution in [0.3, 0.4) is 0 Å². The van der Waals surface area contributed by atoms with Crippen molar-refractivity contribution >= 4 is 64.6 Å². The average molecular weight is 498 g/mol. The zero-order valence-electron chi connectivity index (χ0n) is 19.7. The zero-order chi connectivity index (χ0) is 24.5. The van der Waals surface area contributed by atoms with Gasteiger partial charge in [0.2, 0.25) is 11.4 Å². The number of benzene rings is 2. The van der Waals surface area contributed by atoms with E-state index < -0.39 is 0 Å². The molecule has 174 valence electrons. The van der Waals surface area contributed by atoms with Gasteiger partial charge in [0.05, 0.1) is 25.1 Å². The molecule has 0 fully saturated rings. The molecule has 2 aliphatic rings. The van der Waals surface area contributed by atoms with Crippen LogP contribution in [0.25, 0.3) is 16.3 Å². The standard InChI is InChI=1S/C27H24BN3O2S2/c1-3-30-20-8-4-6-10-22(20)34-25(30)14-18-17(2)19(27(18)33)15-26-31(13-12-29-24(32)16-28)21-9-5-7-11-23(21)35-26/h4-11,14-15H,3,12-13,16H2,1-2H3/p+1. The highest BCUT2D eigenvalue weighted by molar-refractivity contribution is 8.03. The van der Waals surface area contributed by atoms with Gasteiger partial charge in [0.1, 0.15) is 4.70 Å². The summed E-state index contributed by atoms with van der Waals surface area (Å²) in [6.07, 6.45) is 4.00. The Bertz CT molecular complexity index is 1440. The summed E-state index contributed by atoms with van der Waals surface area (Å²) in [4.78, 5) is 28.3. The number of carbonyl (C=O) groups is 2. The van der Waals surface area contributed by atoms with Crippen LogP contribution in [0.4, 0.5) is 5.69 Å². The van der Waals surface area contributed by atoms with Crippen molar-refractivity contribution in [2.75, 3.05) is 18.0 Å². The maximum absolute atomic E-state index is 13.2. The predicted octanol–water partition coefficient (Wildman–Crippen LogP) is 4.65. The first-order valence-corrected chi connectivity index (χ1v) is 13.3. The van der Waals surface area contributed by atoms with Crippen molar-refractivity contribution in [1.29, 1.82) is 0 Å². The number of amides is 1. The highest BCUT2D eigenvalue weighted by atomic mass is 32.2. The zero-order valence-corrected chi connectivity index (χ0v) is 21.3. The van der Waals surface area contributed by atoms with E-state index in [1.807, 2.05) is 43.3 Å². The summed E-state index contributed by atoms with van der Waals surface area (Å²) in [6, 6.07) is 16.5. The van der Waals surface area contributed by atoms with Gasteiger partial charge in [-0.25, -0.2) is 0 Å². The van der Waals surface area contributed by atoms with E-state index in [9.17, 15) is 9.59 Å². The number of fused-ring (bicyclic) bond motifs is 2. The normalized spacial score (nSPS) is 17.4. The topological polar surface area (TPSA) is 53.3 Å². The third-order valence-electron chi connectivity index (χ3n) is 6.27. The lowest BCUT2D eigenvalue weighted by Gasteiger charge is -2.23. The Labute approximate surface area is 214 Å². The van der Waals surface area contributed by atoms with Gasteiger partial charge < -0.3 is 10.2 Å². The van der Waals surface area contributed by atoms with E-state index in [0.717, 1.165) is 43.5 Å². The van der Waals surface area contributed by atoms with Gasteiger partial charge >= 0.3 is 0 Å². The van der Waals surface area contributed by atoms with Gasteiger partial charge in [-0.15, -0.1) is 0 Å². The maximum atomic E-state index is 13.2. The lowest BCUT2D eigenvalue weighted by atomic mass is 9.82. The molecule has 1 amide bonds. The number of nitrogens with one attached hydrogen (secondary N) is 1. The van der Waals surface area contributed by atoms with Crippen LogP contribution in [0.2, 0.25) is 6.32 Å². The monoisotopic (exact) mass is 498 g/mol. The second-order valence-corrected chi connectivity index (χ2v) is 10.5. The summed E-state index contributed by atoms with van der Waals surface area (Å²) in [7, 11) is 5.41. The summed E-state index contributed by atoms with van der Waals surface area (Å²) < 4.78 is 3.29. The molecule has 5 nitrogen and oxygen atoms in total. The van der Waals surface area contributed by atoms with Crippen molar-refractivity contribution < 1.29 is 14.2 Å². The first-order valence-electron chi connectivity index (χ1n) is 11.6. The maximum Gasteiger partial charge on any atom is 0.263 e. The fourth-order valence-corrected chi connectivity index (χ4v) is 6.72. The molecular formula is C27H25BN3O2S2+. The Hall–Kier alpha value is -3.10. The molecule has 5 rings (SSSR count). The van der Waals surface area contributed by atoms with Crippen LogP contribution in [0, 0.1) is 0 Å². The third kappa shape index (κ3) is 4.37. The van der Waals surface area contributed by atoms with Gasteiger partial charge in [0, 0.05) is 34.7 Å². The van der Waals surface area contributed by atoms with Crippen molar-refractivity contribution in [2.45, 2.75) is 31.6 Å². The van der Waals surface area contributed by atoms with Crippen molar-refractivity contribution in [3.05, 3.63) is 81.4 Å². The summed E-state index contributed by atoms with van der Waals surface area (Å²) >= 11 is 3.36. The Morgan fingerprint density at radius 3 is 2.69 bits per heavy atom. The SMILES string of the molecule is [B]CC(=O)NCC[n+]1c(/C=C2/C(=O)C(/C=C3\Sc4ccccc4N3CC)=C2C)sc2ccccc21. The second kappa shape index (κ2) is 9.87. The van der Waals surface area contributed by atoms with Gasteiger partial charge in [-0.2, -0.15) is 4.57 Å². The van der Waals surface area contributed by atoms with E-state index in [1.165, 1.54) is 10.6 Å².